The summed E-state index contributed by atoms with van der Waals surface area (Å²) in [5.74, 6) is -1.57. The number of benzene rings is 1. The lowest BCUT2D eigenvalue weighted by molar-refractivity contribution is -0.384. The van der Waals surface area contributed by atoms with E-state index >= 15 is 0 Å². The van der Waals surface area contributed by atoms with Crippen LogP contribution >= 0.6 is 0 Å². The molecule has 0 unspecified atom stereocenters. The van der Waals surface area contributed by atoms with Gasteiger partial charge < -0.3 is 14.8 Å². The smallest absolute Gasteiger partial charge is 0.342 e. The Morgan fingerprint density at radius 1 is 1.42 bits per heavy atom. The zero-order chi connectivity index (χ0) is 17.9. The second-order valence-corrected chi connectivity index (χ2v) is 4.91. The van der Waals surface area contributed by atoms with E-state index in [1.165, 1.54) is 26.2 Å². The zero-order valence-electron chi connectivity index (χ0n) is 13.0. The van der Waals surface area contributed by atoms with Crippen LogP contribution in [0.5, 0.6) is 5.75 Å². The summed E-state index contributed by atoms with van der Waals surface area (Å²) in [5.41, 5.74) is -0.502. The van der Waals surface area contributed by atoms with Crippen molar-refractivity contribution < 1.29 is 28.8 Å². The van der Waals surface area contributed by atoms with Crippen molar-refractivity contribution >= 4 is 23.6 Å². The van der Waals surface area contributed by atoms with Gasteiger partial charge in [-0.05, 0) is 13.0 Å². The van der Waals surface area contributed by atoms with Crippen LogP contribution in [0.25, 0.3) is 0 Å². The third kappa shape index (κ3) is 3.42. The molecule has 10 nitrogen and oxygen atoms in total. The molecular formula is C14H15N3O7. The number of nitro groups is 1. The Morgan fingerprint density at radius 2 is 2.12 bits per heavy atom. The van der Waals surface area contributed by atoms with Gasteiger partial charge in [0, 0.05) is 25.2 Å². The molecule has 0 aliphatic carbocycles. The summed E-state index contributed by atoms with van der Waals surface area (Å²) < 4.78 is 10.0. The number of ether oxygens (including phenoxy) is 2. The Kier molecular flexibility index (Phi) is 4.97. The van der Waals surface area contributed by atoms with Gasteiger partial charge in [0.1, 0.15) is 11.3 Å². The minimum absolute atomic E-state index is 0.0733. The van der Waals surface area contributed by atoms with Gasteiger partial charge in [-0.25, -0.2) is 9.59 Å². The molecule has 1 aliphatic rings. The summed E-state index contributed by atoms with van der Waals surface area (Å²) in [4.78, 5) is 46.9. The van der Waals surface area contributed by atoms with Crippen molar-refractivity contribution in [3.63, 3.8) is 0 Å². The first-order chi connectivity index (χ1) is 11.3. The largest absolute Gasteiger partial charge is 0.496 e. The Morgan fingerprint density at radius 3 is 2.67 bits per heavy atom. The SMILES string of the molecule is COc1ccc([N+](=O)[O-])cc1C(=O)O[C@H](C)C(=O)N1CCNC1=O. The zero-order valence-corrected chi connectivity index (χ0v) is 13.0. The number of imide groups is 1. The van der Waals surface area contributed by atoms with E-state index in [4.69, 9.17) is 9.47 Å². The molecular weight excluding hydrogens is 322 g/mol. The Labute approximate surface area is 136 Å². The highest BCUT2D eigenvalue weighted by molar-refractivity contribution is 6.00. The second-order valence-electron chi connectivity index (χ2n) is 4.91. The van der Waals surface area contributed by atoms with Gasteiger partial charge in [-0.3, -0.25) is 19.8 Å². The van der Waals surface area contributed by atoms with E-state index in [1.807, 2.05) is 0 Å². The fraction of sp³-hybridized carbons (Fsp3) is 0.357. The summed E-state index contributed by atoms with van der Waals surface area (Å²) in [6.07, 6.45) is -1.23. The van der Waals surface area contributed by atoms with Gasteiger partial charge in [-0.1, -0.05) is 0 Å². The topological polar surface area (TPSA) is 128 Å². The number of esters is 1. The molecule has 0 aromatic heterocycles. The highest BCUT2D eigenvalue weighted by Crippen LogP contribution is 2.25. The number of non-ortho nitro benzene ring substituents is 1. The van der Waals surface area contributed by atoms with Gasteiger partial charge in [-0.15, -0.1) is 0 Å². The summed E-state index contributed by atoms with van der Waals surface area (Å²) in [6, 6.07) is 2.88. The van der Waals surface area contributed by atoms with E-state index in [2.05, 4.69) is 5.32 Å². The molecule has 1 saturated heterocycles. The van der Waals surface area contributed by atoms with Crippen LogP contribution in [0.1, 0.15) is 17.3 Å². The average molecular weight is 337 g/mol. The van der Waals surface area contributed by atoms with Crippen LogP contribution in [-0.4, -0.2) is 54.0 Å². The number of hydrogen-bond acceptors (Lipinski definition) is 7. The normalized spacial score (nSPS) is 14.8. The monoisotopic (exact) mass is 337 g/mol. The Hall–Kier alpha value is -3.17. The first-order valence-electron chi connectivity index (χ1n) is 6.97. The predicted molar refractivity (Wildman–Crippen MR) is 79.6 cm³/mol. The maximum atomic E-state index is 12.2. The molecule has 1 atom stereocenters. The fourth-order valence-corrected chi connectivity index (χ4v) is 2.14. The van der Waals surface area contributed by atoms with Gasteiger partial charge in [0.25, 0.3) is 11.6 Å². The third-order valence-electron chi connectivity index (χ3n) is 3.37. The number of carbonyl (C=O) groups excluding carboxylic acids is 3. The molecule has 10 heteroatoms. The van der Waals surface area contributed by atoms with Crippen molar-refractivity contribution in [1.82, 2.24) is 10.2 Å². The minimum atomic E-state index is -1.23. The van der Waals surface area contributed by atoms with E-state index in [0.29, 0.717) is 6.54 Å². The fourth-order valence-electron chi connectivity index (χ4n) is 2.14. The first-order valence-corrected chi connectivity index (χ1v) is 6.97. The Balaban J connectivity index is 2.16. The number of methoxy groups -OCH3 is 1. The van der Waals surface area contributed by atoms with Gasteiger partial charge in [-0.2, -0.15) is 0 Å². The number of amides is 3. The number of carbonyl (C=O) groups is 3. The van der Waals surface area contributed by atoms with Crippen molar-refractivity contribution in [3.05, 3.63) is 33.9 Å². The predicted octanol–water partition coefficient (Wildman–Crippen LogP) is 0.700. The van der Waals surface area contributed by atoms with Crippen molar-refractivity contribution in [2.75, 3.05) is 20.2 Å². The lowest BCUT2D eigenvalue weighted by Gasteiger charge is -2.18. The van der Waals surface area contributed by atoms with Crippen LogP contribution in [-0.2, 0) is 9.53 Å². The number of nitrogens with one attached hydrogen (secondary N) is 1. The van der Waals surface area contributed by atoms with Gasteiger partial charge in [0.2, 0.25) is 0 Å². The molecule has 3 amide bonds. The lowest BCUT2D eigenvalue weighted by atomic mass is 10.1. The summed E-state index contributed by atoms with van der Waals surface area (Å²) in [5, 5.41) is 13.3. The molecule has 1 aromatic rings. The molecule has 2 rings (SSSR count). The van der Waals surface area contributed by atoms with Crippen molar-refractivity contribution in [1.29, 1.82) is 0 Å². The second kappa shape index (κ2) is 6.94. The molecule has 0 bridgehead atoms. The highest BCUT2D eigenvalue weighted by Gasteiger charge is 2.32. The van der Waals surface area contributed by atoms with Gasteiger partial charge in [0.05, 0.1) is 12.0 Å². The van der Waals surface area contributed by atoms with E-state index in [1.54, 1.807) is 0 Å². The van der Waals surface area contributed by atoms with Crippen molar-refractivity contribution in [3.8, 4) is 5.75 Å². The summed E-state index contributed by atoms with van der Waals surface area (Å²) in [6.45, 7) is 1.82. The number of hydrogen-bond donors (Lipinski definition) is 1. The van der Waals surface area contributed by atoms with Crippen LogP contribution in [0.4, 0.5) is 10.5 Å². The highest BCUT2D eigenvalue weighted by atomic mass is 16.6. The molecule has 1 aromatic carbocycles. The molecule has 0 radical (unpaired) electrons. The summed E-state index contributed by atoms with van der Waals surface area (Å²) >= 11 is 0. The van der Waals surface area contributed by atoms with Gasteiger partial charge in [0.15, 0.2) is 6.10 Å². The van der Waals surface area contributed by atoms with Crippen LogP contribution in [0.15, 0.2) is 18.2 Å². The van der Waals surface area contributed by atoms with E-state index in [9.17, 15) is 24.5 Å². The Bertz CT molecular complexity index is 704. The third-order valence-corrected chi connectivity index (χ3v) is 3.37. The van der Waals surface area contributed by atoms with Crippen LogP contribution in [0.3, 0.4) is 0 Å². The lowest BCUT2D eigenvalue weighted by Crippen LogP contribution is -2.41. The average Bonchev–Trinajstić information content (AvgIpc) is 2.99. The molecule has 0 spiro atoms. The number of nitro benzene ring substituents is 1. The molecule has 24 heavy (non-hydrogen) atoms. The van der Waals surface area contributed by atoms with E-state index in [0.717, 1.165) is 11.0 Å². The maximum Gasteiger partial charge on any atom is 0.342 e. The first kappa shape index (κ1) is 17.2. The minimum Gasteiger partial charge on any atom is -0.496 e. The standard InChI is InChI=1S/C14H15N3O7/c1-8(12(18)16-6-5-15-14(16)20)24-13(19)10-7-9(17(21)22)3-4-11(10)23-2/h3-4,7-8H,5-6H2,1-2H3,(H,15,20)/t8-/m1/s1. The van der Waals surface area contributed by atoms with Crippen LogP contribution < -0.4 is 10.1 Å². The maximum absolute atomic E-state index is 12.2. The van der Waals surface area contributed by atoms with Crippen LogP contribution in [0.2, 0.25) is 0 Å². The molecule has 1 fully saturated rings. The van der Waals surface area contributed by atoms with Crippen molar-refractivity contribution in [2.24, 2.45) is 0 Å². The summed E-state index contributed by atoms with van der Waals surface area (Å²) in [7, 11) is 1.29. The quantitative estimate of drug-likeness (QED) is 0.476. The van der Waals surface area contributed by atoms with E-state index in [-0.39, 0.29) is 23.5 Å². The van der Waals surface area contributed by atoms with E-state index < -0.39 is 28.9 Å². The van der Waals surface area contributed by atoms with Crippen molar-refractivity contribution in [2.45, 2.75) is 13.0 Å². The molecule has 1 heterocycles. The number of nitrogens with zero attached hydrogens (tertiary/aromatic N) is 2. The van der Waals surface area contributed by atoms with Crippen LogP contribution in [0, 0.1) is 10.1 Å². The molecule has 1 aliphatic heterocycles. The molecule has 0 saturated carbocycles. The van der Waals surface area contributed by atoms with Gasteiger partial charge >= 0.3 is 12.0 Å². The molecule has 1 N–H and O–H groups in total. The number of urea groups is 1. The molecule has 128 valence electrons. The number of rotatable bonds is 5.